The molecule has 2 rings (SSSR count). The van der Waals surface area contributed by atoms with E-state index in [0.29, 0.717) is 13.1 Å². The summed E-state index contributed by atoms with van der Waals surface area (Å²) in [5, 5.41) is 11.4. The van der Waals surface area contributed by atoms with Crippen LogP contribution in [0.25, 0.3) is 0 Å². The number of halogens is 2. The summed E-state index contributed by atoms with van der Waals surface area (Å²) >= 11 is 0. The van der Waals surface area contributed by atoms with Crippen LogP contribution in [0.2, 0.25) is 0 Å². The van der Waals surface area contributed by atoms with Crippen LogP contribution in [0.3, 0.4) is 0 Å². The number of aliphatic carboxylic acids is 1. The van der Waals surface area contributed by atoms with Crippen molar-refractivity contribution in [1.29, 1.82) is 0 Å². The normalized spacial score (nSPS) is 17.5. The standard InChI is InChI=1S/C17H23F2N3O3/c1-11(17(25)20-12-3-4-14(18)15(19)9-12)22-7-5-13(6-8-22)21(2)10-16(23)24/h3-4,9,11,13H,5-8,10H2,1-2H3,(H,20,25)(H,23,24). The summed E-state index contributed by atoms with van der Waals surface area (Å²) in [7, 11) is 1.79. The number of hydrogen-bond donors (Lipinski definition) is 2. The van der Waals surface area contributed by atoms with Gasteiger partial charge in [-0.3, -0.25) is 19.4 Å². The Bertz CT molecular complexity index is 634. The van der Waals surface area contributed by atoms with Gasteiger partial charge < -0.3 is 10.4 Å². The van der Waals surface area contributed by atoms with Crippen molar-refractivity contribution in [1.82, 2.24) is 9.80 Å². The Balaban J connectivity index is 1.86. The van der Waals surface area contributed by atoms with Crippen molar-refractivity contribution >= 4 is 17.6 Å². The van der Waals surface area contributed by atoms with Gasteiger partial charge >= 0.3 is 5.97 Å². The maximum atomic E-state index is 13.2. The molecule has 138 valence electrons. The maximum absolute atomic E-state index is 13.2. The third-order valence-corrected chi connectivity index (χ3v) is 4.62. The van der Waals surface area contributed by atoms with Crippen LogP contribution in [-0.4, -0.2) is 65.5 Å². The first-order valence-electron chi connectivity index (χ1n) is 8.20. The molecule has 1 heterocycles. The van der Waals surface area contributed by atoms with E-state index in [1.165, 1.54) is 6.07 Å². The second-order valence-electron chi connectivity index (χ2n) is 6.37. The second-order valence-corrected chi connectivity index (χ2v) is 6.37. The zero-order valence-electron chi connectivity index (χ0n) is 14.3. The van der Waals surface area contributed by atoms with Gasteiger partial charge in [0.2, 0.25) is 5.91 Å². The van der Waals surface area contributed by atoms with Gasteiger partial charge in [-0.1, -0.05) is 0 Å². The Morgan fingerprint density at radius 3 is 2.52 bits per heavy atom. The van der Waals surface area contributed by atoms with Crippen molar-refractivity contribution in [3.8, 4) is 0 Å². The lowest BCUT2D eigenvalue weighted by Gasteiger charge is -2.38. The number of carboxylic acids is 1. The molecule has 2 N–H and O–H groups in total. The fourth-order valence-electron chi connectivity index (χ4n) is 3.04. The van der Waals surface area contributed by atoms with Gasteiger partial charge in [0.15, 0.2) is 11.6 Å². The Labute approximate surface area is 145 Å². The van der Waals surface area contributed by atoms with E-state index in [0.717, 1.165) is 25.0 Å². The van der Waals surface area contributed by atoms with Crippen LogP contribution in [0.1, 0.15) is 19.8 Å². The van der Waals surface area contributed by atoms with E-state index in [2.05, 4.69) is 5.32 Å². The van der Waals surface area contributed by atoms with Gasteiger partial charge in [-0.15, -0.1) is 0 Å². The lowest BCUT2D eigenvalue weighted by molar-refractivity contribution is -0.138. The molecule has 25 heavy (non-hydrogen) atoms. The minimum Gasteiger partial charge on any atom is -0.480 e. The van der Waals surface area contributed by atoms with Gasteiger partial charge in [-0.05, 0) is 38.9 Å². The van der Waals surface area contributed by atoms with E-state index in [1.807, 2.05) is 9.80 Å². The van der Waals surface area contributed by atoms with Crippen molar-refractivity contribution in [2.45, 2.75) is 31.8 Å². The number of carboxylic acid groups (broad SMARTS) is 1. The topological polar surface area (TPSA) is 72.9 Å². The molecular formula is C17H23F2N3O3. The summed E-state index contributed by atoms with van der Waals surface area (Å²) in [6, 6.07) is 3.00. The van der Waals surface area contributed by atoms with E-state index < -0.39 is 23.6 Å². The van der Waals surface area contributed by atoms with E-state index >= 15 is 0 Å². The number of nitrogens with zero attached hydrogens (tertiary/aromatic N) is 2. The van der Waals surface area contributed by atoms with E-state index in [9.17, 15) is 18.4 Å². The summed E-state index contributed by atoms with van der Waals surface area (Å²) in [6.07, 6.45) is 1.54. The van der Waals surface area contributed by atoms with E-state index in [4.69, 9.17) is 5.11 Å². The number of rotatable bonds is 6. The van der Waals surface area contributed by atoms with Crippen LogP contribution in [-0.2, 0) is 9.59 Å². The first kappa shape index (κ1) is 19.3. The van der Waals surface area contributed by atoms with Crippen molar-refractivity contribution in [2.75, 3.05) is 32.0 Å². The summed E-state index contributed by atoms with van der Waals surface area (Å²) in [5.74, 6) is -3.11. The molecule has 0 bridgehead atoms. The fraction of sp³-hybridized carbons (Fsp3) is 0.529. The highest BCUT2D eigenvalue weighted by Gasteiger charge is 2.28. The van der Waals surface area contributed by atoms with Crippen LogP contribution in [0.5, 0.6) is 0 Å². The monoisotopic (exact) mass is 355 g/mol. The Kier molecular flexibility index (Phi) is 6.44. The van der Waals surface area contributed by atoms with Crippen molar-refractivity contribution < 1.29 is 23.5 Å². The molecular weight excluding hydrogens is 332 g/mol. The first-order valence-corrected chi connectivity index (χ1v) is 8.20. The molecule has 8 heteroatoms. The predicted octanol–water partition coefficient (Wildman–Crippen LogP) is 1.77. The van der Waals surface area contributed by atoms with Gasteiger partial charge in [-0.2, -0.15) is 0 Å². The number of likely N-dealkylation sites (N-methyl/N-ethyl adjacent to an activating group) is 1. The Morgan fingerprint density at radius 2 is 1.96 bits per heavy atom. The maximum Gasteiger partial charge on any atom is 0.317 e. The van der Waals surface area contributed by atoms with Crippen LogP contribution in [0, 0.1) is 11.6 Å². The molecule has 1 aliphatic heterocycles. The lowest BCUT2D eigenvalue weighted by Crippen LogP contribution is -2.50. The first-order chi connectivity index (χ1) is 11.8. The quantitative estimate of drug-likeness (QED) is 0.814. The van der Waals surface area contributed by atoms with E-state index in [1.54, 1.807) is 14.0 Å². The number of hydrogen-bond acceptors (Lipinski definition) is 4. The number of carbonyl (C=O) groups is 2. The highest BCUT2D eigenvalue weighted by atomic mass is 19.2. The fourth-order valence-corrected chi connectivity index (χ4v) is 3.04. The molecule has 0 radical (unpaired) electrons. The highest BCUT2D eigenvalue weighted by Crippen LogP contribution is 2.19. The number of anilines is 1. The molecule has 0 spiro atoms. The van der Waals surface area contributed by atoms with Gasteiger partial charge in [-0.25, -0.2) is 8.78 Å². The lowest BCUT2D eigenvalue weighted by atomic mass is 10.0. The third-order valence-electron chi connectivity index (χ3n) is 4.62. The highest BCUT2D eigenvalue weighted by molar-refractivity contribution is 5.94. The number of likely N-dealkylation sites (tertiary alicyclic amines) is 1. The largest absolute Gasteiger partial charge is 0.480 e. The van der Waals surface area contributed by atoms with Crippen molar-refractivity contribution in [2.24, 2.45) is 0 Å². The van der Waals surface area contributed by atoms with Crippen LogP contribution in [0.4, 0.5) is 14.5 Å². The van der Waals surface area contributed by atoms with Gasteiger partial charge in [0.1, 0.15) is 0 Å². The van der Waals surface area contributed by atoms with Crippen LogP contribution < -0.4 is 5.32 Å². The predicted molar refractivity (Wildman–Crippen MR) is 89.3 cm³/mol. The summed E-state index contributed by atoms with van der Waals surface area (Å²) < 4.78 is 26.1. The summed E-state index contributed by atoms with van der Waals surface area (Å²) in [4.78, 5) is 26.9. The van der Waals surface area contributed by atoms with Crippen molar-refractivity contribution in [3.05, 3.63) is 29.8 Å². The molecule has 1 fully saturated rings. The molecule has 6 nitrogen and oxygen atoms in total. The number of carbonyl (C=O) groups excluding carboxylic acids is 1. The SMILES string of the molecule is CC(C(=O)Nc1ccc(F)c(F)c1)N1CCC(N(C)CC(=O)O)CC1. The summed E-state index contributed by atoms with van der Waals surface area (Å²) in [5.41, 5.74) is 0.215. The van der Waals surface area contributed by atoms with Gasteiger partial charge in [0, 0.05) is 30.9 Å². The average molecular weight is 355 g/mol. The minimum atomic E-state index is -1.01. The minimum absolute atomic E-state index is 0.00314. The van der Waals surface area contributed by atoms with Crippen LogP contribution in [0.15, 0.2) is 18.2 Å². The molecule has 0 saturated carbocycles. The molecule has 1 aromatic rings. The molecule has 1 amide bonds. The van der Waals surface area contributed by atoms with Gasteiger partial charge in [0.25, 0.3) is 0 Å². The zero-order chi connectivity index (χ0) is 18.6. The van der Waals surface area contributed by atoms with Crippen molar-refractivity contribution in [3.63, 3.8) is 0 Å². The molecule has 1 unspecified atom stereocenters. The molecule has 0 aromatic heterocycles. The Morgan fingerprint density at radius 1 is 1.32 bits per heavy atom. The van der Waals surface area contributed by atoms with Crippen LogP contribution >= 0.6 is 0 Å². The molecule has 1 aromatic carbocycles. The zero-order valence-corrected chi connectivity index (χ0v) is 14.3. The third kappa shape index (κ3) is 5.20. The molecule has 1 aliphatic rings. The summed E-state index contributed by atoms with van der Waals surface area (Å²) in [6.45, 7) is 3.09. The number of nitrogens with one attached hydrogen (secondary N) is 1. The molecule has 1 atom stereocenters. The molecule has 0 aliphatic carbocycles. The van der Waals surface area contributed by atoms with Gasteiger partial charge in [0.05, 0.1) is 12.6 Å². The average Bonchev–Trinajstić information content (AvgIpc) is 2.57. The second kappa shape index (κ2) is 8.35. The Hall–Kier alpha value is -2.06. The number of benzene rings is 1. The molecule has 1 saturated heterocycles. The smallest absolute Gasteiger partial charge is 0.317 e. The number of piperidine rings is 1. The number of amides is 1. The van der Waals surface area contributed by atoms with E-state index in [-0.39, 0.29) is 24.2 Å².